The maximum atomic E-state index is 10.9. The maximum Gasteiger partial charge on any atom is 0.221 e. The van der Waals surface area contributed by atoms with E-state index in [-0.39, 0.29) is 5.91 Å². The Balaban J connectivity index is 2.02. The molecule has 0 fully saturated rings. The largest absolute Gasteiger partial charge is 0.378 e. The van der Waals surface area contributed by atoms with Crippen molar-refractivity contribution in [3.05, 3.63) is 39.8 Å². The second kappa shape index (κ2) is 5.84. The van der Waals surface area contributed by atoms with Gasteiger partial charge in [-0.05, 0) is 18.2 Å². The van der Waals surface area contributed by atoms with Gasteiger partial charge in [0.1, 0.15) is 5.01 Å². The van der Waals surface area contributed by atoms with Crippen molar-refractivity contribution in [1.29, 1.82) is 0 Å². The molecule has 4 nitrogen and oxygen atoms in total. The highest BCUT2D eigenvalue weighted by Gasteiger charge is 2.03. The highest BCUT2D eigenvalue weighted by molar-refractivity contribution is 7.09. The van der Waals surface area contributed by atoms with Gasteiger partial charge in [0.25, 0.3) is 0 Å². The molecule has 0 unspecified atom stereocenters. The number of carbonyl (C=O) groups excluding carboxylic acids is 1. The van der Waals surface area contributed by atoms with Crippen LogP contribution in [0, 0.1) is 0 Å². The number of amides is 1. The van der Waals surface area contributed by atoms with Crippen LogP contribution in [0.1, 0.15) is 11.9 Å². The zero-order valence-electron chi connectivity index (χ0n) is 9.74. The molecule has 2 aromatic rings. The number of halogens is 1. The van der Waals surface area contributed by atoms with Crippen molar-refractivity contribution < 1.29 is 4.79 Å². The second-order valence-corrected chi connectivity index (χ2v) is 5.04. The Morgan fingerprint density at radius 2 is 2.33 bits per heavy atom. The average molecular weight is 282 g/mol. The topological polar surface area (TPSA) is 54.0 Å². The number of carbonyl (C=O) groups is 1. The SMILES string of the molecule is CC(=O)Nc1ccc(NCc2nccs2)cc1Cl. The molecule has 0 aliphatic rings. The number of anilines is 2. The predicted octanol–water partition coefficient (Wildman–Crippen LogP) is 3.37. The summed E-state index contributed by atoms with van der Waals surface area (Å²) in [5, 5.41) is 9.33. The summed E-state index contributed by atoms with van der Waals surface area (Å²) in [6, 6.07) is 5.42. The molecule has 1 aromatic heterocycles. The van der Waals surface area contributed by atoms with Crippen LogP contribution < -0.4 is 10.6 Å². The highest BCUT2D eigenvalue weighted by Crippen LogP contribution is 2.25. The van der Waals surface area contributed by atoms with E-state index in [1.54, 1.807) is 29.7 Å². The van der Waals surface area contributed by atoms with Crippen LogP contribution >= 0.6 is 22.9 Å². The quantitative estimate of drug-likeness (QED) is 0.903. The fraction of sp³-hybridized carbons (Fsp3) is 0.167. The van der Waals surface area contributed by atoms with Gasteiger partial charge >= 0.3 is 0 Å². The number of nitrogens with one attached hydrogen (secondary N) is 2. The number of hydrogen-bond acceptors (Lipinski definition) is 4. The Kier molecular flexibility index (Phi) is 4.17. The van der Waals surface area contributed by atoms with E-state index in [4.69, 9.17) is 11.6 Å². The van der Waals surface area contributed by atoms with Crippen molar-refractivity contribution in [2.75, 3.05) is 10.6 Å². The molecular formula is C12H12ClN3OS. The monoisotopic (exact) mass is 281 g/mol. The van der Waals surface area contributed by atoms with E-state index in [1.807, 2.05) is 11.4 Å². The predicted molar refractivity (Wildman–Crippen MR) is 75.2 cm³/mol. The number of hydrogen-bond donors (Lipinski definition) is 2. The summed E-state index contributed by atoms with van der Waals surface area (Å²) in [4.78, 5) is 15.1. The van der Waals surface area contributed by atoms with Gasteiger partial charge in [-0.2, -0.15) is 0 Å². The number of rotatable bonds is 4. The first-order valence-corrected chi connectivity index (χ1v) is 6.60. The van der Waals surface area contributed by atoms with Crippen LogP contribution in [0.5, 0.6) is 0 Å². The summed E-state index contributed by atoms with van der Waals surface area (Å²) in [6.07, 6.45) is 1.77. The van der Waals surface area contributed by atoms with Gasteiger partial charge in [0.2, 0.25) is 5.91 Å². The highest BCUT2D eigenvalue weighted by atomic mass is 35.5. The van der Waals surface area contributed by atoms with E-state index in [2.05, 4.69) is 15.6 Å². The van der Waals surface area contributed by atoms with Crippen LogP contribution in [0.25, 0.3) is 0 Å². The zero-order valence-corrected chi connectivity index (χ0v) is 11.3. The number of nitrogens with zero attached hydrogens (tertiary/aromatic N) is 1. The van der Waals surface area contributed by atoms with E-state index < -0.39 is 0 Å². The van der Waals surface area contributed by atoms with Crippen molar-refractivity contribution >= 4 is 40.2 Å². The van der Waals surface area contributed by atoms with Gasteiger partial charge in [-0.15, -0.1) is 11.3 Å². The van der Waals surface area contributed by atoms with E-state index in [9.17, 15) is 4.79 Å². The molecule has 1 amide bonds. The molecule has 0 saturated heterocycles. The molecule has 0 aliphatic heterocycles. The van der Waals surface area contributed by atoms with Crippen LogP contribution in [0.15, 0.2) is 29.8 Å². The summed E-state index contributed by atoms with van der Waals surface area (Å²) in [5.41, 5.74) is 1.51. The normalized spacial score (nSPS) is 10.1. The first kappa shape index (κ1) is 12.9. The second-order valence-electron chi connectivity index (χ2n) is 3.66. The van der Waals surface area contributed by atoms with E-state index in [1.165, 1.54) is 6.92 Å². The Bertz CT molecular complexity index is 542. The van der Waals surface area contributed by atoms with Gasteiger partial charge < -0.3 is 10.6 Å². The third kappa shape index (κ3) is 3.45. The smallest absolute Gasteiger partial charge is 0.221 e. The van der Waals surface area contributed by atoms with Crippen LogP contribution in [-0.2, 0) is 11.3 Å². The summed E-state index contributed by atoms with van der Waals surface area (Å²) in [6.45, 7) is 2.11. The van der Waals surface area contributed by atoms with Crippen molar-refractivity contribution in [3.8, 4) is 0 Å². The molecule has 94 valence electrons. The molecular weight excluding hydrogens is 270 g/mol. The summed E-state index contributed by atoms with van der Waals surface area (Å²) >= 11 is 7.66. The van der Waals surface area contributed by atoms with Crippen LogP contribution in [0.4, 0.5) is 11.4 Å². The molecule has 0 bridgehead atoms. The zero-order chi connectivity index (χ0) is 13.0. The number of benzene rings is 1. The molecule has 0 atom stereocenters. The lowest BCUT2D eigenvalue weighted by Crippen LogP contribution is -2.06. The van der Waals surface area contributed by atoms with E-state index >= 15 is 0 Å². The molecule has 0 spiro atoms. The van der Waals surface area contributed by atoms with Gasteiger partial charge in [0.15, 0.2) is 0 Å². The van der Waals surface area contributed by atoms with Gasteiger partial charge in [0, 0.05) is 24.2 Å². The van der Waals surface area contributed by atoms with E-state index in [0.717, 1.165) is 10.7 Å². The minimum Gasteiger partial charge on any atom is -0.378 e. The van der Waals surface area contributed by atoms with Gasteiger partial charge in [0.05, 0.1) is 17.3 Å². The van der Waals surface area contributed by atoms with Crippen molar-refractivity contribution in [2.24, 2.45) is 0 Å². The Morgan fingerprint density at radius 1 is 1.50 bits per heavy atom. The van der Waals surface area contributed by atoms with Gasteiger partial charge in [-0.3, -0.25) is 4.79 Å². The number of thiazole rings is 1. The molecule has 0 aliphatic carbocycles. The van der Waals surface area contributed by atoms with Crippen LogP contribution in [-0.4, -0.2) is 10.9 Å². The summed E-state index contributed by atoms with van der Waals surface area (Å²) < 4.78 is 0. The van der Waals surface area contributed by atoms with Gasteiger partial charge in [-0.1, -0.05) is 11.6 Å². The Hall–Kier alpha value is -1.59. The molecule has 1 heterocycles. The Morgan fingerprint density at radius 3 is 2.94 bits per heavy atom. The fourth-order valence-corrected chi connectivity index (χ4v) is 2.22. The third-order valence-electron chi connectivity index (χ3n) is 2.21. The van der Waals surface area contributed by atoms with E-state index in [0.29, 0.717) is 17.3 Å². The molecule has 18 heavy (non-hydrogen) atoms. The lowest BCUT2D eigenvalue weighted by Gasteiger charge is -2.08. The standard InChI is InChI=1S/C12H12ClN3OS/c1-8(17)16-11-3-2-9(6-10(11)13)15-7-12-14-4-5-18-12/h2-6,15H,7H2,1H3,(H,16,17). The molecule has 1 aromatic carbocycles. The minimum atomic E-state index is -0.139. The van der Waals surface area contributed by atoms with Gasteiger partial charge in [-0.25, -0.2) is 4.98 Å². The average Bonchev–Trinajstić information content (AvgIpc) is 2.82. The van der Waals surface area contributed by atoms with Crippen molar-refractivity contribution in [1.82, 2.24) is 4.98 Å². The van der Waals surface area contributed by atoms with Crippen LogP contribution in [0.2, 0.25) is 5.02 Å². The first-order chi connectivity index (χ1) is 8.65. The molecule has 0 radical (unpaired) electrons. The molecule has 0 saturated carbocycles. The first-order valence-electron chi connectivity index (χ1n) is 5.34. The van der Waals surface area contributed by atoms with Crippen LogP contribution in [0.3, 0.4) is 0 Å². The maximum absolute atomic E-state index is 10.9. The Labute approximate surface area is 114 Å². The van der Waals surface area contributed by atoms with Crippen molar-refractivity contribution in [3.63, 3.8) is 0 Å². The summed E-state index contributed by atoms with van der Waals surface area (Å²) in [7, 11) is 0. The lowest BCUT2D eigenvalue weighted by atomic mass is 10.2. The lowest BCUT2D eigenvalue weighted by molar-refractivity contribution is -0.114. The minimum absolute atomic E-state index is 0.139. The third-order valence-corrected chi connectivity index (χ3v) is 3.30. The fourth-order valence-electron chi connectivity index (χ4n) is 1.43. The molecule has 2 rings (SSSR count). The number of aromatic nitrogens is 1. The molecule has 6 heteroatoms. The van der Waals surface area contributed by atoms with Crippen molar-refractivity contribution in [2.45, 2.75) is 13.5 Å². The summed E-state index contributed by atoms with van der Waals surface area (Å²) in [5.74, 6) is -0.139. The molecule has 2 N–H and O–H groups in total.